The number of rotatable bonds is 9. The highest BCUT2D eigenvalue weighted by molar-refractivity contribution is 8.00. The lowest BCUT2D eigenvalue weighted by Crippen LogP contribution is -2.50. The highest BCUT2D eigenvalue weighted by Crippen LogP contribution is 2.47. The number of carbonyl (C=O) groups excluding carboxylic acids is 2. The highest BCUT2D eigenvalue weighted by Gasteiger charge is 2.46. The molecule has 0 spiro atoms. The molecule has 7 nitrogen and oxygen atoms in total. The fraction of sp³-hybridized carbons (Fsp3) is 0.619. The molecule has 0 radical (unpaired) electrons. The van der Waals surface area contributed by atoms with Gasteiger partial charge in [-0.25, -0.2) is 0 Å². The van der Waals surface area contributed by atoms with E-state index in [-0.39, 0.29) is 19.2 Å². The second kappa shape index (κ2) is 10.7. The second-order valence-corrected chi connectivity index (χ2v) is 8.40. The summed E-state index contributed by atoms with van der Waals surface area (Å²) in [5.41, 5.74) is 0. The van der Waals surface area contributed by atoms with E-state index in [1.54, 1.807) is 7.11 Å². The molecule has 0 N–H and O–H groups in total. The van der Waals surface area contributed by atoms with Crippen LogP contribution in [0.3, 0.4) is 0 Å². The van der Waals surface area contributed by atoms with Crippen molar-refractivity contribution in [2.75, 3.05) is 40.0 Å². The molecule has 162 valence electrons. The summed E-state index contributed by atoms with van der Waals surface area (Å²) in [6.07, 6.45) is 0.0863. The van der Waals surface area contributed by atoms with Crippen LogP contribution in [-0.2, 0) is 19.1 Å². The van der Waals surface area contributed by atoms with Crippen LogP contribution in [0.2, 0.25) is 0 Å². The van der Waals surface area contributed by atoms with Gasteiger partial charge in [0, 0.05) is 13.8 Å². The van der Waals surface area contributed by atoms with E-state index < -0.39 is 16.8 Å². The van der Waals surface area contributed by atoms with Crippen LogP contribution in [0.15, 0.2) is 23.1 Å². The molecular weight excluding hydrogens is 394 g/mol. The van der Waals surface area contributed by atoms with Crippen molar-refractivity contribution in [3.05, 3.63) is 18.2 Å². The molecule has 8 heteroatoms. The van der Waals surface area contributed by atoms with Gasteiger partial charge in [-0.1, -0.05) is 13.8 Å². The maximum atomic E-state index is 11.8. The molecule has 0 aromatic heterocycles. The summed E-state index contributed by atoms with van der Waals surface area (Å²) < 4.78 is 21.8. The van der Waals surface area contributed by atoms with Gasteiger partial charge in [-0.15, -0.1) is 11.8 Å². The Balaban J connectivity index is 2.45. The lowest BCUT2D eigenvalue weighted by atomic mass is 9.97. The minimum absolute atomic E-state index is 0.117. The van der Waals surface area contributed by atoms with E-state index in [1.165, 1.54) is 25.6 Å². The van der Waals surface area contributed by atoms with Crippen LogP contribution >= 0.6 is 11.8 Å². The molecule has 2 atom stereocenters. The Bertz CT molecular complexity index is 708. The quantitative estimate of drug-likeness (QED) is 0.559. The zero-order valence-electron chi connectivity index (χ0n) is 17.9. The van der Waals surface area contributed by atoms with Crippen LogP contribution in [0.5, 0.6) is 11.5 Å². The van der Waals surface area contributed by atoms with Gasteiger partial charge in [0.1, 0.15) is 24.7 Å². The van der Waals surface area contributed by atoms with Crippen molar-refractivity contribution in [1.29, 1.82) is 0 Å². The molecular formula is C21H31NO6S. The predicted molar refractivity (Wildman–Crippen MR) is 112 cm³/mol. The van der Waals surface area contributed by atoms with Gasteiger partial charge in [0.25, 0.3) is 0 Å². The Labute approximate surface area is 177 Å². The molecule has 0 fully saturated rings. The first-order valence-corrected chi connectivity index (χ1v) is 10.7. The minimum atomic E-state index is -0.683. The molecule has 1 aromatic carbocycles. The number of methoxy groups -OCH3 is 1. The fourth-order valence-corrected chi connectivity index (χ4v) is 4.68. The van der Waals surface area contributed by atoms with Gasteiger partial charge in [0.15, 0.2) is 6.10 Å². The number of hydrogen-bond acceptors (Lipinski definition) is 8. The number of esters is 2. The predicted octanol–water partition coefficient (Wildman–Crippen LogP) is 3.15. The Morgan fingerprint density at radius 3 is 2.55 bits per heavy atom. The zero-order chi connectivity index (χ0) is 21.4. The molecule has 0 bridgehead atoms. The summed E-state index contributed by atoms with van der Waals surface area (Å²) in [6.45, 7) is 9.87. The summed E-state index contributed by atoms with van der Waals surface area (Å²) in [5, 5.41) is 0. The summed E-state index contributed by atoms with van der Waals surface area (Å²) in [7, 11) is 1.61. The van der Waals surface area contributed by atoms with Gasteiger partial charge < -0.3 is 23.8 Å². The van der Waals surface area contributed by atoms with Crippen LogP contribution in [0.25, 0.3) is 0 Å². The topological polar surface area (TPSA) is 74.3 Å². The lowest BCUT2D eigenvalue weighted by molar-refractivity contribution is -0.153. The molecule has 0 unspecified atom stereocenters. The van der Waals surface area contributed by atoms with E-state index in [4.69, 9.17) is 18.9 Å². The maximum absolute atomic E-state index is 11.8. The van der Waals surface area contributed by atoms with Crippen molar-refractivity contribution in [2.24, 2.45) is 0 Å². The third kappa shape index (κ3) is 6.27. The van der Waals surface area contributed by atoms with E-state index in [1.807, 2.05) is 18.2 Å². The molecule has 0 aliphatic carbocycles. The molecule has 2 rings (SSSR count). The second-order valence-electron chi connectivity index (χ2n) is 6.95. The number of benzene rings is 1. The minimum Gasteiger partial charge on any atom is -0.497 e. The number of fused-ring (bicyclic) bond motifs is 1. The van der Waals surface area contributed by atoms with Gasteiger partial charge in [-0.2, -0.15) is 0 Å². The first-order valence-electron chi connectivity index (χ1n) is 9.86. The molecule has 0 saturated heterocycles. The van der Waals surface area contributed by atoms with E-state index in [0.717, 1.165) is 24.5 Å². The largest absolute Gasteiger partial charge is 0.497 e. The SMILES string of the molecule is CCN(CC)CC[C@@]1(COC(C)=O)Sc2cc(OC)ccc2OC[C@@H]1OC(C)=O. The van der Waals surface area contributed by atoms with Crippen molar-refractivity contribution in [1.82, 2.24) is 4.90 Å². The monoisotopic (exact) mass is 425 g/mol. The number of nitrogens with zero attached hydrogens (tertiary/aromatic N) is 1. The number of carbonyl (C=O) groups is 2. The van der Waals surface area contributed by atoms with Crippen LogP contribution in [0, 0.1) is 0 Å². The van der Waals surface area contributed by atoms with Crippen molar-refractivity contribution in [3.63, 3.8) is 0 Å². The third-order valence-corrected chi connectivity index (χ3v) is 6.55. The average molecular weight is 426 g/mol. The summed E-state index contributed by atoms with van der Waals surface area (Å²) in [6, 6.07) is 5.57. The molecule has 0 saturated carbocycles. The van der Waals surface area contributed by atoms with Gasteiger partial charge in [-0.05, 0) is 44.3 Å². The number of thioether (sulfide) groups is 1. The van der Waals surface area contributed by atoms with Crippen LogP contribution in [0.4, 0.5) is 0 Å². The summed E-state index contributed by atoms with van der Waals surface area (Å²) >= 11 is 1.52. The van der Waals surface area contributed by atoms with Gasteiger partial charge >= 0.3 is 11.9 Å². The normalized spacial score (nSPS) is 21.0. The summed E-state index contributed by atoms with van der Waals surface area (Å²) in [5.74, 6) is 0.639. The van der Waals surface area contributed by atoms with E-state index in [9.17, 15) is 9.59 Å². The van der Waals surface area contributed by atoms with Crippen molar-refractivity contribution in [2.45, 2.75) is 49.9 Å². The molecule has 1 aliphatic rings. The maximum Gasteiger partial charge on any atom is 0.303 e. The average Bonchev–Trinajstić information content (AvgIpc) is 2.83. The van der Waals surface area contributed by atoms with E-state index >= 15 is 0 Å². The van der Waals surface area contributed by atoms with E-state index in [2.05, 4.69) is 18.7 Å². The van der Waals surface area contributed by atoms with Crippen molar-refractivity contribution in [3.8, 4) is 11.5 Å². The summed E-state index contributed by atoms with van der Waals surface area (Å²) in [4.78, 5) is 26.6. The molecule has 1 aromatic rings. The third-order valence-electron chi connectivity index (χ3n) is 5.01. The number of hydrogen-bond donors (Lipinski definition) is 0. The van der Waals surface area contributed by atoms with Crippen molar-refractivity contribution < 1.29 is 28.5 Å². The molecule has 0 amide bonds. The van der Waals surface area contributed by atoms with Crippen LogP contribution in [-0.4, -0.2) is 67.6 Å². The molecule has 1 heterocycles. The van der Waals surface area contributed by atoms with Crippen LogP contribution in [0.1, 0.15) is 34.1 Å². The standard InChI is InChI=1S/C21H31NO6S/c1-6-22(7-2)11-10-21(14-27-15(3)23)20(28-16(4)24)13-26-18-9-8-17(25-5)12-19(18)29-21/h8-9,12,20H,6-7,10-11,13-14H2,1-5H3/t20-,21-/m0/s1. The molecule has 1 aliphatic heterocycles. The lowest BCUT2D eigenvalue weighted by Gasteiger charge is -2.38. The Morgan fingerprint density at radius 2 is 1.97 bits per heavy atom. The van der Waals surface area contributed by atoms with Gasteiger partial charge in [0.2, 0.25) is 0 Å². The van der Waals surface area contributed by atoms with E-state index in [0.29, 0.717) is 17.9 Å². The van der Waals surface area contributed by atoms with Gasteiger partial charge in [-0.3, -0.25) is 9.59 Å². The Hall–Kier alpha value is -1.93. The van der Waals surface area contributed by atoms with Crippen LogP contribution < -0.4 is 9.47 Å². The number of ether oxygens (including phenoxy) is 4. The first-order chi connectivity index (χ1) is 13.8. The Morgan fingerprint density at radius 1 is 1.24 bits per heavy atom. The smallest absolute Gasteiger partial charge is 0.303 e. The van der Waals surface area contributed by atoms with Crippen molar-refractivity contribution >= 4 is 23.7 Å². The van der Waals surface area contributed by atoms with Gasteiger partial charge in [0.05, 0.1) is 16.8 Å². The Kier molecular flexibility index (Phi) is 8.64. The first kappa shape index (κ1) is 23.3. The fourth-order valence-electron chi connectivity index (χ4n) is 3.28. The highest BCUT2D eigenvalue weighted by atomic mass is 32.2. The zero-order valence-corrected chi connectivity index (χ0v) is 18.7. The molecule has 29 heavy (non-hydrogen) atoms.